The normalized spacial score (nSPS) is 11.5. The van der Waals surface area contributed by atoms with Gasteiger partial charge < -0.3 is 13.7 Å². The van der Waals surface area contributed by atoms with Crippen molar-refractivity contribution in [2.24, 2.45) is 0 Å². The van der Waals surface area contributed by atoms with Crippen LogP contribution in [-0.4, -0.2) is 13.7 Å². The predicted octanol–water partition coefficient (Wildman–Crippen LogP) is 10.6. The highest BCUT2D eigenvalue weighted by Crippen LogP contribution is 2.45. The molecule has 3 heterocycles. The summed E-state index contributed by atoms with van der Waals surface area (Å²) in [7, 11) is 0. The predicted molar refractivity (Wildman–Crippen MR) is 204 cm³/mol. The Kier molecular flexibility index (Phi) is 5.97. The van der Waals surface area contributed by atoms with Gasteiger partial charge in [-0.15, -0.1) is 0 Å². The van der Waals surface area contributed by atoms with Crippen molar-refractivity contribution in [1.29, 1.82) is 15.8 Å². The van der Waals surface area contributed by atoms with Crippen LogP contribution in [0.2, 0.25) is 0 Å². The molecule has 0 saturated heterocycles. The second-order valence-electron chi connectivity index (χ2n) is 12.6. The summed E-state index contributed by atoms with van der Waals surface area (Å²) >= 11 is 0. The third-order valence-corrected chi connectivity index (χ3v) is 10.2. The van der Waals surface area contributed by atoms with Crippen LogP contribution in [-0.2, 0) is 0 Å². The van der Waals surface area contributed by atoms with Crippen LogP contribution in [0.4, 0.5) is 0 Å². The molecule has 0 saturated carbocycles. The van der Waals surface area contributed by atoms with Gasteiger partial charge in [0.2, 0.25) is 0 Å². The molecule has 0 aliphatic carbocycles. The highest BCUT2D eigenvalue weighted by molar-refractivity contribution is 6.13. The molecule has 0 atom stereocenters. The number of hydrogen-bond acceptors (Lipinski definition) is 3. The van der Waals surface area contributed by atoms with E-state index >= 15 is 0 Å². The third kappa shape index (κ3) is 3.72. The molecule has 234 valence electrons. The number of nitrogens with zero attached hydrogens (tertiary/aromatic N) is 6. The number of hydrogen-bond donors (Lipinski definition) is 0. The van der Waals surface area contributed by atoms with E-state index in [9.17, 15) is 15.8 Å². The van der Waals surface area contributed by atoms with Crippen LogP contribution < -0.4 is 0 Å². The van der Waals surface area contributed by atoms with E-state index in [2.05, 4.69) is 75.9 Å². The van der Waals surface area contributed by atoms with Gasteiger partial charge in [0.1, 0.15) is 23.8 Å². The largest absolute Gasteiger partial charge is 0.307 e. The van der Waals surface area contributed by atoms with E-state index in [1.165, 1.54) is 0 Å². The molecule has 0 fully saturated rings. The number of fused-ring (bicyclic) bond motifs is 9. The highest BCUT2D eigenvalue weighted by atomic mass is 15.1. The first-order valence-corrected chi connectivity index (χ1v) is 16.6. The van der Waals surface area contributed by atoms with E-state index in [0.29, 0.717) is 22.6 Å². The van der Waals surface area contributed by atoms with E-state index in [1.807, 2.05) is 102 Å². The zero-order valence-electron chi connectivity index (χ0n) is 27.0. The summed E-state index contributed by atoms with van der Waals surface area (Å²) in [6, 6.07) is 56.0. The van der Waals surface area contributed by atoms with E-state index in [1.54, 1.807) is 0 Å². The second kappa shape index (κ2) is 10.7. The molecule has 0 aliphatic heterocycles. The lowest BCUT2D eigenvalue weighted by atomic mass is 9.96. The molecular formula is C45H24N6. The van der Waals surface area contributed by atoms with Gasteiger partial charge in [-0.1, -0.05) is 109 Å². The fourth-order valence-electron chi connectivity index (χ4n) is 8.18. The summed E-state index contributed by atoms with van der Waals surface area (Å²) in [5, 5.41) is 40.1. The maximum absolute atomic E-state index is 11.5. The van der Waals surface area contributed by atoms with Gasteiger partial charge in [0.15, 0.2) is 0 Å². The lowest BCUT2D eigenvalue weighted by Crippen LogP contribution is -2.14. The molecule has 0 N–H and O–H groups in total. The SMILES string of the molecule is N#Cc1c(C#N)c(-n2c3ccccc3c3ccccc32)c(-n2c3ccccc3c3ccccc32)c(C#N)c1-n1c2ccccc2c2ccccc21. The van der Waals surface area contributed by atoms with Crippen molar-refractivity contribution in [2.75, 3.05) is 0 Å². The third-order valence-electron chi connectivity index (χ3n) is 10.2. The zero-order valence-corrected chi connectivity index (χ0v) is 27.0. The number of para-hydroxylation sites is 6. The molecule has 10 aromatic rings. The first-order valence-electron chi connectivity index (χ1n) is 16.6. The fourth-order valence-corrected chi connectivity index (χ4v) is 8.18. The Morgan fingerprint density at radius 3 is 0.765 bits per heavy atom. The average Bonchev–Trinajstić information content (AvgIpc) is 3.82. The molecule has 51 heavy (non-hydrogen) atoms. The van der Waals surface area contributed by atoms with Gasteiger partial charge in [-0.3, -0.25) is 0 Å². The maximum Gasteiger partial charge on any atom is 0.104 e. The van der Waals surface area contributed by atoms with E-state index < -0.39 is 0 Å². The van der Waals surface area contributed by atoms with Crippen molar-refractivity contribution >= 4 is 65.4 Å². The highest BCUT2D eigenvalue weighted by Gasteiger charge is 2.32. The van der Waals surface area contributed by atoms with Crippen LogP contribution in [0, 0.1) is 34.0 Å². The summed E-state index contributed by atoms with van der Waals surface area (Å²) in [6.07, 6.45) is 0. The number of rotatable bonds is 3. The number of aromatic nitrogens is 3. The van der Waals surface area contributed by atoms with Gasteiger partial charge in [0.25, 0.3) is 0 Å². The van der Waals surface area contributed by atoms with Crippen molar-refractivity contribution in [3.05, 3.63) is 162 Å². The summed E-state index contributed by atoms with van der Waals surface area (Å²) in [4.78, 5) is 0. The molecule has 0 amide bonds. The quantitative estimate of drug-likeness (QED) is 0.191. The first-order chi connectivity index (χ1) is 25.2. The van der Waals surface area contributed by atoms with Crippen molar-refractivity contribution in [1.82, 2.24) is 13.7 Å². The molecule has 6 heteroatoms. The van der Waals surface area contributed by atoms with Gasteiger partial charge in [0.05, 0.1) is 61.3 Å². The Labute approximate surface area is 291 Å². The molecule has 0 bridgehead atoms. The van der Waals surface area contributed by atoms with Crippen molar-refractivity contribution in [3.8, 4) is 35.3 Å². The number of benzene rings is 7. The zero-order chi connectivity index (χ0) is 34.2. The Hall–Kier alpha value is -7.59. The van der Waals surface area contributed by atoms with Crippen LogP contribution in [0.1, 0.15) is 16.7 Å². The summed E-state index contributed by atoms with van der Waals surface area (Å²) in [5.74, 6) is 0. The topological polar surface area (TPSA) is 86.2 Å². The van der Waals surface area contributed by atoms with Gasteiger partial charge in [0, 0.05) is 32.3 Å². The lowest BCUT2D eigenvalue weighted by Gasteiger charge is -2.24. The molecule has 0 radical (unpaired) electrons. The molecule has 6 nitrogen and oxygen atoms in total. The summed E-state index contributed by atoms with van der Waals surface area (Å²) in [5.41, 5.74) is 7.23. The van der Waals surface area contributed by atoms with Gasteiger partial charge >= 0.3 is 0 Å². The monoisotopic (exact) mass is 648 g/mol. The Morgan fingerprint density at radius 1 is 0.275 bits per heavy atom. The van der Waals surface area contributed by atoms with Crippen LogP contribution in [0.25, 0.3) is 82.5 Å². The summed E-state index contributed by atoms with van der Waals surface area (Å²) < 4.78 is 6.18. The fraction of sp³-hybridized carbons (Fsp3) is 0. The van der Waals surface area contributed by atoms with E-state index in [-0.39, 0.29) is 11.1 Å². The van der Waals surface area contributed by atoms with Crippen LogP contribution in [0.3, 0.4) is 0 Å². The number of nitriles is 3. The molecule has 0 aliphatic rings. The maximum atomic E-state index is 11.5. The second-order valence-corrected chi connectivity index (χ2v) is 12.6. The minimum atomic E-state index is 0.141. The first kappa shape index (κ1) is 28.4. The molecule has 0 spiro atoms. The van der Waals surface area contributed by atoms with Crippen LogP contribution >= 0.6 is 0 Å². The molecule has 7 aromatic carbocycles. The molecule has 10 rings (SSSR count). The Balaban J connectivity index is 1.53. The van der Waals surface area contributed by atoms with Crippen molar-refractivity contribution in [3.63, 3.8) is 0 Å². The Morgan fingerprint density at radius 2 is 0.490 bits per heavy atom. The standard InChI is InChI=1S/C45H24N6/c46-25-34-35(26-47)44(50-39-21-9-3-15-30(39)31-16-4-10-22-40(31)50)45(51-41-23-11-5-17-32(41)33-18-6-12-24-42(33)51)36(27-48)43(34)49-37-19-7-1-13-28(37)29-14-2-8-20-38(29)49/h1-24H. The lowest BCUT2D eigenvalue weighted by molar-refractivity contribution is 1.05. The average molecular weight is 649 g/mol. The summed E-state index contributed by atoms with van der Waals surface area (Å²) in [6.45, 7) is 0. The smallest absolute Gasteiger partial charge is 0.104 e. The minimum absolute atomic E-state index is 0.141. The van der Waals surface area contributed by atoms with Gasteiger partial charge in [-0.05, 0) is 36.4 Å². The Bertz CT molecular complexity index is 3080. The van der Waals surface area contributed by atoms with Crippen LogP contribution in [0.15, 0.2) is 146 Å². The van der Waals surface area contributed by atoms with Gasteiger partial charge in [-0.25, -0.2) is 0 Å². The van der Waals surface area contributed by atoms with E-state index in [4.69, 9.17) is 0 Å². The van der Waals surface area contributed by atoms with Crippen molar-refractivity contribution in [2.45, 2.75) is 0 Å². The van der Waals surface area contributed by atoms with E-state index in [0.717, 1.165) is 65.4 Å². The van der Waals surface area contributed by atoms with Crippen molar-refractivity contribution < 1.29 is 0 Å². The molecule has 0 unspecified atom stereocenters. The molecular weight excluding hydrogens is 625 g/mol. The van der Waals surface area contributed by atoms with Gasteiger partial charge in [-0.2, -0.15) is 15.8 Å². The minimum Gasteiger partial charge on any atom is -0.307 e. The van der Waals surface area contributed by atoms with Crippen LogP contribution in [0.5, 0.6) is 0 Å². The molecule has 3 aromatic heterocycles.